The molecule has 0 radical (unpaired) electrons. The molecule has 0 saturated carbocycles. The van der Waals surface area contributed by atoms with Crippen LogP contribution in [0.3, 0.4) is 0 Å². The van der Waals surface area contributed by atoms with Crippen LogP contribution in [0.2, 0.25) is 0 Å². The molecule has 5 heteroatoms. The van der Waals surface area contributed by atoms with Crippen LogP contribution in [0.25, 0.3) is 0 Å². The molecule has 2 aliphatic rings. The zero-order valence-electron chi connectivity index (χ0n) is 11.9. The summed E-state index contributed by atoms with van der Waals surface area (Å²) in [6, 6.07) is 4.31. The predicted molar refractivity (Wildman–Crippen MR) is 80.3 cm³/mol. The Labute approximate surface area is 126 Å². The van der Waals surface area contributed by atoms with E-state index in [2.05, 4.69) is 5.32 Å². The Hall–Kier alpha value is -1.00. The number of amides is 1. The summed E-state index contributed by atoms with van der Waals surface area (Å²) in [6.07, 6.45) is 4.83. The van der Waals surface area contributed by atoms with Gasteiger partial charge in [0.1, 0.15) is 5.76 Å². The van der Waals surface area contributed by atoms with Crippen LogP contribution in [0.4, 0.5) is 0 Å². The van der Waals surface area contributed by atoms with Crippen molar-refractivity contribution in [2.45, 2.75) is 38.6 Å². The molecule has 2 saturated heterocycles. The molecule has 3 rings (SSSR count). The van der Waals surface area contributed by atoms with E-state index in [9.17, 15) is 4.79 Å². The van der Waals surface area contributed by atoms with Crippen LogP contribution in [0, 0.1) is 12.8 Å². The number of hydrogen-bond donors (Lipinski definition) is 1. The number of nitrogens with one attached hydrogen (secondary N) is 1. The highest BCUT2D eigenvalue weighted by atomic mass is 35.5. The SMILES string of the molecule is Cc1ccc(C(=O)N2CCC(C3CCCN3)CC2)o1.Cl. The molecule has 1 aromatic rings. The van der Waals surface area contributed by atoms with E-state index in [1.807, 2.05) is 17.9 Å². The van der Waals surface area contributed by atoms with Crippen molar-refractivity contribution in [1.82, 2.24) is 10.2 Å². The first kappa shape index (κ1) is 15.4. The van der Waals surface area contributed by atoms with E-state index in [1.54, 1.807) is 6.07 Å². The van der Waals surface area contributed by atoms with Crippen LogP contribution in [-0.4, -0.2) is 36.5 Å². The van der Waals surface area contributed by atoms with Crippen molar-refractivity contribution in [3.8, 4) is 0 Å². The van der Waals surface area contributed by atoms with Gasteiger partial charge < -0.3 is 14.6 Å². The van der Waals surface area contributed by atoms with E-state index >= 15 is 0 Å². The van der Waals surface area contributed by atoms with Crippen LogP contribution in [0.5, 0.6) is 0 Å². The van der Waals surface area contributed by atoms with Crippen molar-refractivity contribution in [2.75, 3.05) is 19.6 Å². The van der Waals surface area contributed by atoms with E-state index in [1.165, 1.54) is 12.8 Å². The second-order valence-electron chi connectivity index (χ2n) is 5.74. The third-order valence-electron chi connectivity index (χ3n) is 4.45. The average Bonchev–Trinajstić information content (AvgIpc) is 3.09. The van der Waals surface area contributed by atoms with E-state index < -0.39 is 0 Å². The quantitative estimate of drug-likeness (QED) is 0.913. The van der Waals surface area contributed by atoms with E-state index in [0.717, 1.165) is 44.2 Å². The lowest BCUT2D eigenvalue weighted by molar-refractivity contribution is 0.0641. The number of carbonyl (C=O) groups is 1. The maximum absolute atomic E-state index is 12.3. The standard InChI is InChI=1S/C15H22N2O2.ClH/c1-11-4-5-14(19-11)15(18)17-9-6-12(7-10-17)13-3-2-8-16-13;/h4-5,12-13,16H,2-3,6-10H2,1H3;1H. The predicted octanol–water partition coefficient (Wildman–Crippen LogP) is 2.61. The fourth-order valence-corrected chi connectivity index (χ4v) is 3.32. The van der Waals surface area contributed by atoms with Gasteiger partial charge in [0.25, 0.3) is 5.91 Å². The molecule has 112 valence electrons. The summed E-state index contributed by atoms with van der Waals surface area (Å²) in [6.45, 7) is 4.76. The number of hydrogen-bond acceptors (Lipinski definition) is 3. The lowest BCUT2D eigenvalue weighted by Crippen LogP contribution is -2.43. The maximum Gasteiger partial charge on any atom is 0.289 e. The van der Waals surface area contributed by atoms with Crippen LogP contribution in [0.15, 0.2) is 16.5 Å². The average molecular weight is 299 g/mol. The summed E-state index contributed by atoms with van der Waals surface area (Å²) in [5.74, 6) is 2.07. The minimum atomic E-state index is 0. The van der Waals surface area contributed by atoms with Gasteiger partial charge >= 0.3 is 0 Å². The van der Waals surface area contributed by atoms with E-state index in [4.69, 9.17) is 4.42 Å². The van der Waals surface area contributed by atoms with Gasteiger partial charge in [-0.3, -0.25) is 4.79 Å². The summed E-state index contributed by atoms with van der Waals surface area (Å²) in [5, 5.41) is 3.58. The number of piperidine rings is 1. The third kappa shape index (κ3) is 3.18. The van der Waals surface area contributed by atoms with E-state index in [0.29, 0.717) is 11.8 Å². The number of carbonyl (C=O) groups excluding carboxylic acids is 1. The van der Waals surface area contributed by atoms with Crippen LogP contribution >= 0.6 is 12.4 Å². The van der Waals surface area contributed by atoms with Gasteiger partial charge in [-0.2, -0.15) is 0 Å². The Morgan fingerprint density at radius 3 is 2.60 bits per heavy atom. The number of halogens is 1. The Morgan fingerprint density at radius 2 is 2.05 bits per heavy atom. The maximum atomic E-state index is 12.3. The monoisotopic (exact) mass is 298 g/mol. The normalized spacial score (nSPS) is 23.6. The topological polar surface area (TPSA) is 45.5 Å². The molecule has 0 bridgehead atoms. The first-order valence-electron chi connectivity index (χ1n) is 7.33. The summed E-state index contributed by atoms with van der Waals surface area (Å²) in [7, 11) is 0. The zero-order chi connectivity index (χ0) is 13.2. The Morgan fingerprint density at radius 1 is 1.30 bits per heavy atom. The molecule has 0 spiro atoms. The number of rotatable bonds is 2. The lowest BCUT2D eigenvalue weighted by Gasteiger charge is -2.34. The van der Waals surface area contributed by atoms with Crippen molar-refractivity contribution in [2.24, 2.45) is 5.92 Å². The molecular weight excluding hydrogens is 276 g/mol. The van der Waals surface area contributed by atoms with Gasteiger partial charge in [0.05, 0.1) is 0 Å². The summed E-state index contributed by atoms with van der Waals surface area (Å²) in [5.41, 5.74) is 0. The molecule has 1 unspecified atom stereocenters. The summed E-state index contributed by atoms with van der Waals surface area (Å²) < 4.78 is 5.42. The molecule has 2 aliphatic heterocycles. The molecular formula is C15H23ClN2O2. The summed E-state index contributed by atoms with van der Waals surface area (Å²) >= 11 is 0. The Kier molecular flexibility index (Phi) is 5.11. The van der Waals surface area contributed by atoms with Crippen molar-refractivity contribution < 1.29 is 9.21 Å². The molecule has 20 heavy (non-hydrogen) atoms. The molecule has 3 heterocycles. The highest BCUT2D eigenvalue weighted by molar-refractivity contribution is 5.91. The first-order valence-corrected chi connectivity index (χ1v) is 7.33. The van der Waals surface area contributed by atoms with Gasteiger partial charge in [0.15, 0.2) is 5.76 Å². The molecule has 1 N–H and O–H groups in total. The largest absolute Gasteiger partial charge is 0.456 e. The zero-order valence-corrected chi connectivity index (χ0v) is 12.7. The minimum absolute atomic E-state index is 0. The van der Waals surface area contributed by atoms with Gasteiger partial charge in [-0.25, -0.2) is 0 Å². The molecule has 0 aliphatic carbocycles. The van der Waals surface area contributed by atoms with Gasteiger partial charge in [-0.1, -0.05) is 0 Å². The van der Waals surface area contributed by atoms with E-state index in [-0.39, 0.29) is 18.3 Å². The number of aryl methyl sites for hydroxylation is 1. The van der Waals surface area contributed by atoms with Gasteiger partial charge in [-0.05, 0) is 57.2 Å². The number of likely N-dealkylation sites (tertiary alicyclic amines) is 1. The third-order valence-corrected chi connectivity index (χ3v) is 4.45. The second kappa shape index (κ2) is 6.64. The molecule has 1 amide bonds. The number of furan rings is 1. The molecule has 1 aromatic heterocycles. The van der Waals surface area contributed by atoms with Gasteiger partial charge in [-0.15, -0.1) is 12.4 Å². The van der Waals surface area contributed by atoms with Crippen LogP contribution in [0.1, 0.15) is 42.0 Å². The van der Waals surface area contributed by atoms with Crippen molar-refractivity contribution in [3.63, 3.8) is 0 Å². The Balaban J connectivity index is 0.00000147. The molecule has 4 nitrogen and oxygen atoms in total. The minimum Gasteiger partial charge on any atom is -0.456 e. The van der Waals surface area contributed by atoms with Gasteiger partial charge in [0, 0.05) is 19.1 Å². The van der Waals surface area contributed by atoms with Crippen LogP contribution < -0.4 is 5.32 Å². The smallest absolute Gasteiger partial charge is 0.289 e. The molecule has 1 atom stereocenters. The summed E-state index contributed by atoms with van der Waals surface area (Å²) in [4.78, 5) is 14.2. The lowest BCUT2D eigenvalue weighted by atomic mass is 9.88. The second-order valence-corrected chi connectivity index (χ2v) is 5.74. The highest BCUT2D eigenvalue weighted by Gasteiger charge is 2.30. The molecule has 0 aromatic carbocycles. The fraction of sp³-hybridized carbons (Fsp3) is 0.667. The fourth-order valence-electron chi connectivity index (χ4n) is 3.32. The van der Waals surface area contributed by atoms with Crippen molar-refractivity contribution in [1.29, 1.82) is 0 Å². The first-order chi connectivity index (χ1) is 9.24. The molecule has 2 fully saturated rings. The van der Waals surface area contributed by atoms with Crippen LogP contribution in [-0.2, 0) is 0 Å². The Bertz CT molecular complexity index is 446. The highest BCUT2D eigenvalue weighted by Crippen LogP contribution is 2.26. The number of nitrogens with zero attached hydrogens (tertiary/aromatic N) is 1. The van der Waals surface area contributed by atoms with Crippen molar-refractivity contribution in [3.05, 3.63) is 23.7 Å². The van der Waals surface area contributed by atoms with Gasteiger partial charge in [0.2, 0.25) is 0 Å². The van der Waals surface area contributed by atoms with Crippen molar-refractivity contribution >= 4 is 18.3 Å².